The summed E-state index contributed by atoms with van der Waals surface area (Å²) in [5, 5.41) is 10.6. The van der Waals surface area contributed by atoms with E-state index in [1.54, 1.807) is 29.5 Å². The van der Waals surface area contributed by atoms with Gasteiger partial charge in [-0.1, -0.05) is 17.6 Å². The van der Waals surface area contributed by atoms with Crippen molar-refractivity contribution in [1.82, 2.24) is 14.4 Å². The Morgan fingerprint density at radius 3 is 2.77 bits per heavy atom. The van der Waals surface area contributed by atoms with E-state index in [0.29, 0.717) is 36.9 Å². The van der Waals surface area contributed by atoms with Gasteiger partial charge in [-0.3, -0.25) is 4.79 Å². The number of hydrogen-bond acceptors (Lipinski definition) is 7. The molecule has 0 radical (unpaired) electrons. The average molecular weight is 461 g/mol. The van der Waals surface area contributed by atoms with Crippen LogP contribution < -0.4 is 5.32 Å². The molecule has 1 aromatic carbocycles. The lowest BCUT2D eigenvalue weighted by Gasteiger charge is -2.26. The minimum absolute atomic E-state index is 0.147. The van der Waals surface area contributed by atoms with Crippen molar-refractivity contribution in [3.8, 4) is 11.4 Å². The highest BCUT2D eigenvalue weighted by Gasteiger charge is 2.26. The van der Waals surface area contributed by atoms with E-state index in [4.69, 9.17) is 4.52 Å². The summed E-state index contributed by atoms with van der Waals surface area (Å²) in [5.74, 6) is 0.642. The van der Waals surface area contributed by atoms with E-state index < -0.39 is 10.0 Å². The molecule has 3 heterocycles. The molecule has 1 amide bonds. The zero-order valence-corrected chi connectivity index (χ0v) is 18.8. The molecule has 4 rings (SSSR count). The monoisotopic (exact) mass is 460 g/mol. The lowest BCUT2D eigenvalue weighted by Crippen LogP contribution is -2.35. The number of piperidine rings is 1. The molecular weight excluding hydrogens is 436 g/mol. The third-order valence-electron chi connectivity index (χ3n) is 5.25. The van der Waals surface area contributed by atoms with Crippen molar-refractivity contribution >= 4 is 33.0 Å². The number of carbonyl (C=O) groups excluding carboxylic acids is 1. The summed E-state index contributed by atoms with van der Waals surface area (Å²) in [5.41, 5.74) is 2.17. The first-order valence-corrected chi connectivity index (χ1v) is 12.6. The van der Waals surface area contributed by atoms with Crippen LogP contribution in [-0.2, 0) is 21.2 Å². The maximum absolute atomic E-state index is 12.9. The van der Waals surface area contributed by atoms with Crippen LogP contribution in [0.4, 0.5) is 5.69 Å². The van der Waals surface area contributed by atoms with Crippen LogP contribution in [-0.4, -0.2) is 41.9 Å². The van der Waals surface area contributed by atoms with E-state index in [1.807, 2.05) is 23.8 Å². The molecule has 2 aromatic heterocycles. The van der Waals surface area contributed by atoms with Crippen molar-refractivity contribution < 1.29 is 17.7 Å². The number of rotatable bonds is 7. The molecule has 31 heavy (non-hydrogen) atoms. The summed E-state index contributed by atoms with van der Waals surface area (Å²) < 4.78 is 32.6. The average Bonchev–Trinajstić information content (AvgIpc) is 3.46. The van der Waals surface area contributed by atoms with Gasteiger partial charge in [0.15, 0.2) is 0 Å². The molecule has 0 aliphatic carbocycles. The Balaban J connectivity index is 1.40. The van der Waals surface area contributed by atoms with Crippen LogP contribution in [0.25, 0.3) is 11.4 Å². The molecule has 8 nitrogen and oxygen atoms in total. The molecule has 1 saturated heterocycles. The fourth-order valence-corrected chi connectivity index (χ4v) is 5.63. The summed E-state index contributed by atoms with van der Waals surface area (Å²) in [7, 11) is -3.56. The third kappa shape index (κ3) is 5.03. The third-order valence-corrected chi connectivity index (χ3v) is 7.83. The number of hydrogen-bond donors (Lipinski definition) is 1. The number of carbonyl (C=O) groups is 1. The van der Waals surface area contributed by atoms with Gasteiger partial charge in [-0.2, -0.15) is 20.6 Å². The van der Waals surface area contributed by atoms with E-state index in [0.717, 1.165) is 30.4 Å². The van der Waals surface area contributed by atoms with Crippen LogP contribution in [0.15, 0.2) is 44.4 Å². The second kappa shape index (κ2) is 9.29. The zero-order chi connectivity index (χ0) is 21.8. The van der Waals surface area contributed by atoms with Gasteiger partial charge >= 0.3 is 0 Å². The highest BCUT2D eigenvalue weighted by molar-refractivity contribution is 7.89. The van der Waals surface area contributed by atoms with Crippen LogP contribution in [0, 0.1) is 6.92 Å². The van der Waals surface area contributed by atoms with Crippen molar-refractivity contribution in [3.63, 3.8) is 0 Å². The Kier molecular flexibility index (Phi) is 6.49. The Morgan fingerprint density at radius 1 is 1.23 bits per heavy atom. The van der Waals surface area contributed by atoms with Crippen molar-refractivity contribution in [2.45, 2.75) is 43.9 Å². The lowest BCUT2D eigenvalue weighted by atomic mass is 10.2. The van der Waals surface area contributed by atoms with Gasteiger partial charge in [-0.15, -0.1) is 0 Å². The normalized spacial score (nSPS) is 15.1. The second-order valence-corrected chi connectivity index (χ2v) is 10.2. The number of nitrogens with one attached hydrogen (secondary N) is 1. The Labute approximate surface area is 185 Å². The summed E-state index contributed by atoms with van der Waals surface area (Å²) >= 11 is 1.54. The molecule has 0 spiro atoms. The molecule has 164 valence electrons. The summed E-state index contributed by atoms with van der Waals surface area (Å²) in [4.78, 5) is 17.0. The molecule has 3 aromatic rings. The standard InChI is InChI=1S/C21H24N4O4S2/c1-15-5-6-17(31(27,28)25-10-3-2-4-11-25)13-18(15)22-19(26)7-8-20-23-21(24-29-20)16-9-12-30-14-16/h5-6,9,12-14H,2-4,7-8,10-11H2,1H3,(H,22,26). The second-order valence-electron chi connectivity index (χ2n) is 7.51. The van der Waals surface area contributed by atoms with Crippen LogP contribution in [0.3, 0.4) is 0 Å². The van der Waals surface area contributed by atoms with Crippen LogP contribution >= 0.6 is 11.3 Å². The molecule has 10 heteroatoms. The van der Waals surface area contributed by atoms with Gasteiger partial charge in [0.05, 0.1) is 4.90 Å². The van der Waals surface area contributed by atoms with E-state index in [-0.39, 0.29) is 17.2 Å². The van der Waals surface area contributed by atoms with E-state index in [1.165, 1.54) is 4.31 Å². The molecule has 0 saturated carbocycles. The molecule has 0 bridgehead atoms. The number of sulfonamides is 1. The van der Waals surface area contributed by atoms with Gasteiger partial charge in [-0.05, 0) is 48.9 Å². The number of nitrogens with zero attached hydrogens (tertiary/aromatic N) is 3. The maximum Gasteiger partial charge on any atom is 0.243 e. The van der Waals surface area contributed by atoms with Crippen LogP contribution in [0.1, 0.15) is 37.1 Å². The van der Waals surface area contributed by atoms with E-state index in [2.05, 4.69) is 15.5 Å². The summed E-state index contributed by atoms with van der Waals surface area (Å²) in [6, 6.07) is 6.76. The van der Waals surface area contributed by atoms with Gasteiger partial charge in [-0.25, -0.2) is 8.42 Å². The number of amides is 1. The quantitative estimate of drug-likeness (QED) is 0.574. The van der Waals surface area contributed by atoms with Crippen molar-refractivity contribution in [2.75, 3.05) is 18.4 Å². The first-order chi connectivity index (χ1) is 14.9. The molecule has 0 atom stereocenters. The summed E-state index contributed by atoms with van der Waals surface area (Å²) in [6.07, 6.45) is 3.24. The predicted octanol–water partition coefficient (Wildman–Crippen LogP) is 3.85. The first kappa shape index (κ1) is 21.7. The van der Waals surface area contributed by atoms with Crippen LogP contribution in [0.2, 0.25) is 0 Å². The Bertz CT molecular complexity index is 1150. The molecule has 1 fully saturated rings. The Morgan fingerprint density at radius 2 is 2.03 bits per heavy atom. The molecule has 1 aliphatic rings. The number of thiophene rings is 1. The molecule has 0 unspecified atom stereocenters. The van der Waals surface area contributed by atoms with Gasteiger partial charge in [0, 0.05) is 42.6 Å². The van der Waals surface area contributed by atoms with Gasteiger partial charge in [0.2, 0.25) is 27.6 Å². The highest BCUT2D eigenvalue weighted by Crippen LogP contribution is 2.25. The number of aromatic nitrogens is 2. The van der Waals surface area contributed by atoms with Gasteiger partial charge < -0.3 is 9.84 Å². The zero-order valence-electron chi connectivity index (χ0n) is 17.2. The smallest absolute Gasteiger partial charge is 0.243 e. The molecule has 1 N–H and O–H groups in total. The minimum atomic E-state index is -3.56. The number of anilines is 1. The maximum atomic E-state index is 12.9. The lowest BCUT2D eigenvalue weighted by molar-refractivity contribution is -0.116. The minimum Gasteiger partial charge on any atom is -0.339 e. The van der Waals surface area contributed by atoms with Crippen LogP contribution in [0.5, 0.6) is 0 Å². The largest absolute Gasteiger partial charge is 0.339 e. The fourth-order valence-electron chi connectivity index (χ4n) is 3.45. The van der Waals surface area contributed by atoms with Gasteiger partial charge in [0.1, 0.15) is 0 Å². The predicted molar refractivity (Wildman–Crippen MR) is 118 cm³/mol. The summed E-state index contributed by atoms with van der Waals surface area (Å²) in [6.45, 7) is 2.91. The fraction of sp³-hybridized carbons (Fsp3) is 0.381. The van der Waals surface area contributed by atoms with E-state index >= 15 is 0 Å². The first-order valence-electron chi connectivity index (χ1n) is 10.2. The van der Waals surface area contributed by atoms with Gasteiger partial charge in [0.25, 0.3) is 0 Å². The number of aryl methyl sites for hydroxylation is 2. The SMILES string of the molecule is Cc1ccc(S(=O)(=O)N2CCCCC2)cc1NC(=O)CCc1nc(-c2ccsc2)no1. The van der Waals surface area contributed by atoms with Crippen molar-refractivity contribution in [3.05, 3.63) is 46.5 Å². The highest BCUT2D eigenvalue weighted by atomic mass is 32.2. The topological polar surface area (TPSA) is 105 Å². The molecule has 1 aliphatic heterocycles. The number of benzene rings is 1. The van der Waals surface area contributed by atoms with Crippen molar-refractivity contribution in [2.24, 2.45) is 0 Å². The van der Waals surface area contributed by atoms with E-state index in [9.17, 15) is 13.2 Å². The Hall–Kier alpha value is -2.56. The van der Waals surface area contributed by atoms with Crippen molar-refractivity contribution in [1.29, 1.82) is 0 Å². The molecular formula is C21H24N4O4S2.